The number of carbonyl (C=O) groups excluding carboxylic acids is 1. The molecule has 0 spiro atoms. The van der Waals surface area contributed by atoms with E-state index in [9.17, 15) is 4.79 Å². The van der Waals surface area contributed by atoms with E-state index >= 15 is 0 Å². The third-order valence-corrected chi connectivity index (χ3v) is 7.07. The van der Waals surface area contributed by atoms with Crippen molar-refractivity contribution in [1.29, 1.82) is 0 Å². The molecule has 2 heterocycles. The molecule has 1 saturated heterocycles. The van der Waals surface area contributed by atoms with Gasteiger partial charge in [-0.2, -0.15) is 0 Å². The standard InChI is InChI=1S/C27H34N4O2/c1-30(2)21-11-9-19(10-12-21)23(24-18-28-25-6-4-3-5-22(24)25)17-29-27(32)26(20-7-8-20)31-13-15-33-16-14-31/h3-6,9-12,18,20,23,26,28H,7-8,13-17H2,1-2H3,(H,29,32). The van der Waals surface area contributed by atoms with Crippen LogP contribution in [0.5, 0.6) is 0 Å². The van der Waals surface area contributed by atoms with Gasteiger partial charge in [0.1, 0.15) is 0 Å². The van der Waals surface area contributed by atoms with Crippen LogP contribution in [-0.2, 0) is 9.53 Å². The van der Waals surface area contributed by atoms with Gasteiger partial charge in [-0.3, -0.25) is 9.69 Å². The topological polar surface area (TPSA) is 60.6 Å². The normalized spacial score (nSPS) is 18.7. The first kappa shape index (κ1) is 22.0. The lowest BCUT2D eigenvalue weighted by Crippen LogP contribution is -2.52. The molecule has 0 radical (unpaired) electrons. The van der Waals surface area contributed by atoms with Gasteiger partial charge < -0.3 is 19.9 Å². The molecule has 2 aromatic carbocycles. The first-order valence-corrected chi connectivity index (χ1v) is 12.0. The second kappa shape index (κ2) is 9.57. The molecule has 1 aliphatic carbocycles. The van der Waals surface area contributed by atoms with Crippen LogP contribution >= 0.6 is 0 Å². The van der Waals surface area contributed by atoms with Gasteiger partial charge in [-0.1, -0.05) is 30.3 Å². The summed E-state index contributed by atoms with van der Waals surface area (Å²) in [7, 11) is 4.10. The van der Waals surface area contributed by atoms with E-state index in [1.807, 2.05) is 6.07 Å². The van der Waals surface area contributed by atoms with Gasteiger partial charge in [0.15, 0.2) is 0 Å². The maximum atomic E-state index is 13.4. The van der Waals surface area contributed by atoms with E-state index in [0.29, 0.717) is 25.7 Å². The van der Waals surface area contributed by atoms with Crippen LogP contribution in [0.1, 0.15) is 29.9 Å². The van der Waals surface area contributed by atoms with E-state index in [1.165, 1.54) is 22.2 Å². The lowest BCUT2D eigenvalue weighted by molar-refractivity contribution is -0.129. The van der Waals surface area contributed by atoms with Gasteiger partial charge in [0.25, 0.3) is 0 Å². The van der Waals surface area contributed by atoms with E-state index in [1.54, 1.807) is 0 Å². The molecule has 1 aliphatic heterocycles. The fourth-order valence-electron chi connectivity index (χ4n) is 5.05. The lowest BCUT2D eigenvalue weighted by Gasteiger charge is -2.34. The fourth-order valence-corrected chi connectivity index (χ4v) is 5.05. The number of aromatic nitrogens is 1. The maximum absolute atomic E-state index is 13.4. The minimum Gasteiger partial charge on any atom is -0.379 e. The van der Waals surface area contributed by atoms with Crippen molar-refractivity contribution in [3.63, 3.8) is 0 Å². The number of nitrogens with one attached hydrogen (secondary N) is 2. The average molecular weight is 447 g/mol. The summed E-state index contributed by atoms with van der Waals surface area (Å²) in [5.41, 5.74) is 4.72. The predicted octanol–water partition coefficient (Wildman–Crippen LogP) is 3.59. The van der Waals surface area contributed by atoms with Gasteiger partial charge >= 0.3 is 0 Å². The molecule has 1 aromatic heterocycles. The van der Waals surface area contributed by atoms with Crippen molar-refractivity contribution in [1.82, 2.24) is 15.2 Å². The monoisotopic (exact) mass is 446 g/mol. The predicted molar refractivity (Wildman–Crippen MR) is 133 cm³/mol. The number of hydrogen-bond acceptors (Lipinski definition) is 4. The molecule has 6 heteroatoms. The van der Waals surface area contributed by atoms with Gasteiger partial charge in [0, 0.05) is 62.4 Å². The summed E-state index contributed by atoms with van der Waals surface area (Å²) >= 11 is 0. The highest BCUT2D eigenvalue weighted by molar-refractivity contribution is 5.85. The Morgan fingerprint density at radius 2 is 1.85 bits per heavy atom. The van der Waals surface area contributed by atoms with Gasteiger partial charge in [0.05, 0.1) is 19.3 Å². The number of H-pyrrole nitrogens is 1. The Labute approximate surface area is 195 Å². The Kier molecular flexibility index (Phi) is 6.38. The first-order valence-electron chi connectivity index (χ1n) is 12.0. The van der Waals surface area contributed by atoms with E-state index in [2.05, 4.69) is 82.9 Å². The van der Waals surface area contributed by atoms with Crippen molar-refractivity contribution in [2.45, 2.75) is 24.8 Å². The average Bonchev–Trinajstić information content (AvgIpc) is 3.59. The molecule has 3 aromatic rings. The van der Waals surface area contributed by atoms with Crippen molar-refractivity contribution in [2.24, 2.45) is 5.92 Å². The van der Waals surface area contributed by atoms with Crippen LogP contribution in [0.15, 0.2) is 54.7 Å². The molecule has 2 unspecified atom stereocenters. The molecule has 0 bridgehead atoms. The van der Waals surface area contributed by atoms with Crippen LogP contribution in [0.3, 0.4) is 0 Å². The maximum Gasteiger partial charge on any atom is 0.237 e. The second-order valence-corrected chi connectivity index (χ2v) is 9.50. The number of nitrogens with zero attached hydrogens (tertiary/aromatic N) is 2. The summed E-state index contributed by atoms with van der Waals surface area (Å²) in [5, 5.41) is 4.55. The van der Waals surface area contributed by atoms with Crippen molar-refractivity contribution >= 4 is 22.5 Å². The number of ether oxygens (including phenoxy) is 1. The molecular weight excluding hydrogens is 412 g/mol. The first-order chi connectivity index (χ1) is 16.1. The molecular formula is C27H34N4O2. The Morgan fingerprint density at radius 3 is 2.55 bits per heavy atom. The smallest absolute Gasteiger partial charge is 0.237 e. The van der Waals surface area contributed by atoms with Gasteiger partial charge in [0.2, 0.25) is 5.91 Å². The van der Waals surface area contributed by atoms with Crippen LogP contribution in [0.25, 0.3) is 10.9 Å². The summed E-state index contributed by atoms with van der Waals surface area (Å²) in [6.45, 7) is 3.69. The minimum absolute atomic E-state index is 0.0337. The number of hydrogen-bond donors (Lipinski definition) is 2. The van der Waals surface area contributed by atoms with E-state index in [0.717, 1.165) is 31.4 Å². The van der Waals surface area contributed by atoms with Gasteiger partial charge in [-0.25, -0.2) is 0 Å². The highest BCUT2D eigenvalue weighted by Gasteiger charge is 2.40. The summed E-state index contributed by atoms with van der Waals surface area (Å²) in [6, 6.07) is 17.0. The number of carbonyl (C=O) groups is 1. The van der Waals surface area contributed by atoms with Crippen molar-refractivity contribution in [2.75, 3.05) is 51.8 Å². The molecule has 2 N–H and O–H groups in total. The molecule has 1 saturated carbocycles. The van der Waals surface area contributed by atoms with Gasteiger partial charge in [-0.05, 0) is 48.1 Å². The number of morpholine rings is 1. The number of para-hydroxylation sites is 1. The number of anilines is 1. The lowest BCUT2D eigenvalue weighted by atomic mass is 9.90. The van der Waals surface area contributed by atoms with Crippen LogP contribution in [-0.4, -0.2) is 68.8 Å². The van der Waals surface area contributed by atoms with E-state index < -0.39 is 0 Å². The quantitative estimate of drug-likeness (QED) is 0.555. The van der Waals surface area contributed by atoms with Crippen LogP contribution in [0.2, 0.25) is 0 Å². The molecule has 1 amide bonds. The largest absolute Gasteiger partial charge is 0.379 e. The summed E-state index contributed by atoms with van der Waals surface area (Å²) in [5.74, 6) is 0.717. The Balaban J connectivity index is 1.40. The number of amides is 1. The Bertz CT molecular complexity index is 1080. The minimum atomic E-state index is -0.0337. The highest BCUT2D eigenvalue weighted by atomic mass is 16.5. The third-order valence-electron chi connectivity index (χ3n) is 7.07. The van der Waals surface area contributed by atoms with Crippen molar-refractivity contribution in [3.8, 4) is 0 Å². The van der Waals surface area contributed by atoms with Crippen LogP contribution in [0.4, 0.5) is 5.69 Å². The number of fused-ring (bicyclic) bond motifs is 1. The second-order valence-electron chi connectivity index (χ2n) is 9.50. The highest BCUT2D eigenvalue weighted by Crippen LogP contribution is 2.36. The zero-order valence-electron chi connectivity index (χ0n) is 19.6. The Morgan fingerprint density at radius 1 is 1.12 bits per heavy atom. The zero-order valence-corrected chi connectivity index (χ0v) is 19.6. The third kappa shape index (κ3) is 4.77. The van der Waals surface area contributed by atoms with Crippen LogP contribution < -0.4 is 10.2 Å². The SMILES string of the molecule is CN(C)c1ccc(C(CNC(=O)C(C2CC2)N2CCOCC2)c2c[nH]c3ccccc23)cc1. The van der Waals surface area contributed by atoms with E-state index in [-0.39, 0.29) is 17.9 Å². The molecule has 174 valence electrons. The summed E-state index contributed by atoms with van der Waals surface area (Å²) in [4.78, 5) is 21.3. The van der Waals surface area contributed by atoms with Crippen LogP contribution in [0, 0.1) is 5.92 Å². The van der Waals surface area contributed by atoms with Gasteiger partial charge in [-0.15, -0.1) is 0 Å². The molecule has 2 aliphatic rings. The molecule has 2 atom stereocenters. The Hall–Kier alpha value is -2.83. The summed E-state index contributed by atoms with van der Waals surface area (Å²) < 4.78 is 5.52. The molecule has 33 heavy (non-hydrogen) atoms. The zero-order chi connectivity index (χ0) is 22.8. The van der Waals surface area contributed by atoms with E-state index in [4.69, 9.17) is 4.74 Å². The fraction of sp³-hybridized carbons (Fsp3) is 0.444. The molecule has 2 fully saturated rings. The number of rotatable bonds is 8. The molecule has 5 rings (SSSR count). The molecule has 6 nitrogen and oxygen atoms in total. The number of aromatic amines is 1. The van der Waals surface area contributed by atoms with Crippen molar-refractivity contribution in [3.05, 3.63) is 65.9 Å². The summed E-state index contributed by atoms with van der Waals surface area (Å²) in [6.07, 6.45) is 4.39. The van der Waals surface area contributed by atoms with Crippen molar-refractivity contribution < 1.29 is 9.53 Å². The number of benzene rings is 2.